The molecule has 1 N–H and O–H groups in total. The van der Waals surface area contributed by atoms with Gasteiger partial charge < -0.3 is 10.1 Å². The van der Waals surface area contributed by atoms with Crippen LogP contribution >= 0.6 is 11.3 Å². The molecule has 3 aromatic rings. The zero-order valence-electron chi connectivity index (χ0n) is 16.8. The number of hydrogen-bond acceptors (Lipinski definition) is 8. The van der Waals surface area contributed by atoms with Crippen LogP contribution in [0.3, 0.4) is 0 Å². The third-order valence-electron chi connectivity index (χ3n) is 4.94. The van der Waals surface area contributed by atoms with Crippen LogP contribution in [0.1, 0.15) is 20.5 Å². The number of pyridine rings is 1. The number of nitrogens with one attached hydrogen (secondary N) is 1. The van der Waals surface area contributed by atoms with E-state index in [1.165, 1.54) is 11.3 Å². The Bertz CT molecular complexity index is 955. The molecule has 0 saturated carbocycles. The van der Waals surface area contributed by atoms with Gasteiger partial charge in [0.25, 0.3) is 5.91 Å². The lowest BCUT2D eigenvalue weighted by Gasteiger charge is -2.33. The third-order valence-corrected chi connectivity index (χ3v) is 5.85. The summed E-state index contributed by atoms with van der Waals surface area (Å²) in [5.41, 5.74) is 1.80. The van der Waals surface area contributed by atoms with Crippen molar-refractivity contribution in [2.75, 3.05) is 38.6 Å². The van der Waals surface area contributed by atoms with Crippen LogP contribution in [0.4, 0.5) is 5.69 Å². The van der Waals surface area contributed by atoms with Crippen LogP contribution in [-0.2, 0) is 13.1 Å². The average molecular weight is 425 g/mol. The summed E-state index contributed by atoms with van der Waals surface area (Å²) in [6, 6.07) is 13.2. The van der Waals surface area contributed by atoms with Crippen molar-refractivity contribution < 1.29 is 9.53 Å². The second-order valence-electron chi connectivity index (χ2n) is 7.06. The molecule has 2 aromatic heterocycles. The largest absolute Gasteiger partial charge is 0.497 e. The van der Waals surface area contributed by atoms with Crippen LogP contribution in [0, 0.1) is 0 Å². The zero-order valence-corrected chi connectivity index (χ0v) is 17.6. The predicted octanol–water partition coefficient (Wildman–Crippen LogP) is 2.51. The minimum absolute atomic E-state index is 0.246. The van der Waals surface area contributed by atoms with Crippen molar-refractivity contribution in [3.63, 3.8) is 0 Å². The van der Waals surface area contributed by atoms with Gasteiger partial charge in [-0.1, -0.05) is 17.4 Å². The Morgan fingerprint density at radius 1 is 1.03 bits per heavy atom. The van der Waals surface area contributed by atoms with Crippen LogP contribution in [0.25, 0.3) is 0 Å². The van der Waals surface area contributed by atoms with Crippen LogP contribution in [0.15, 0.2) is 48.7 Å². The van der Waals surface area contributed by atoms with Gasteiger partial charge in [0.2, 0.25) is 5.01 Å². The molecule has 8 nitrogen and oxygen atoms in total. The lowest BCUT2D eigenvalue weighted by Crippen LogP contribution is -2.45. The van der Waals surface area contributed by atoms with E-state index >= 15 is 0 Å². The Morgan fingerprint density at radius 2 is 1.77 bits per heavy atom. The van der Waals surface area contributed by atoms with Gasteiger partial charge in [-0.15, -0.1) is 10.2 Å². The summed E-state index contributed by atoms with van der Waals surface area (Å²) in [6.45, 7) is 5.48. The zero-order chi connectivity index (χ0) is 20.8. The molecular weight excluding hydrogens is 400 g/mol. The predicted molar refractivity (Wildman–Crippen MR) is 116 cm³/mol. The first-order chi connectivity index (χ1) is 14.7. The maximum atomic E-state index is 12.4. The molecule has 4 rings (SSSR count). The first kappa shape index (κ1) is 20.4. The molecule has 3 heterocycles. The van der Waals surface area contributed by atoms with Gasteiger partial charge in [-0.25, -0.2) is 0 Å². The fourth-order valence-corrected chi connectivity index (χ4v) is 4.06. The Kier molecular flexibility index (Phi) is 6.63. The number of methoxy groups -OCH3 is 1. The van der Waals surface area contributed by atoms with Crippen LogP contribution in [0.5, 0.6) is 5.75 Å². The molecule has 1 aliphatic rings. The van der Waals surface area contributed by atoms with Gasteiger partial charge in [0, 0.05) is 44.6 Å². The highest BCUT2D eigenvalue weighted by Crippen LogP contribution is 2.18. The molecular formula is C21H24N6O2S. The summed E-state index contributed by atoms with van der Waals surface area (Å²) in [5.74, 6) is 0.496. The van der Waals surface area contributed by atoms with Gasteiger partial charge in [-0.3, -0.25) is 19.6 Å². The molecule has 30 heavy (non-hydrogen) atoms. The number of ether oxygens (including phenoxy) is 1. The maximum absolute atomic E-state index is 12.4. The number of nitrogens with zero attached hydrogens (tertiary/aromatic N) is 5. The summed E-state index contributed by atoms with van der Waals surface area (Å²) < 4.78 is 5.13. The van der Waals surface area contributed by atoms with Crippen molar-refractivity contribution >= 4 is 22.9 Å². The van der Waals surface area contributed by atoms with E-state index in [0.29, 0.717) is 17.2 Å². The lowest BCUT2D eigenvalue weighted by atomic mass is 10.2. The highest BCUT2D eigenvalue weighted by atomic mass is 32.1. The molecule has 1 aliphatic heterocycles. The van der Waals surface area contributed by atoms with E-state index in [0.717, 1.165) is 49.2 Å². The summed E-state index contributed by atoms with van der Waals surface area (Å²) in [5, 5.41) is 12.3. The van der Waals surface area contributed by atoms with Gasteiger partial charge in [0.1, 0.15) is 10.8 Å². The molecule has 1 fully saturated rings. The minimum atomic E-state index is -0.246. The number of hydrogen-bond donors (Lipinski definition) is 1. The number of piperazine rings is 1. The highest BCUT2D eigenvalue weighted by Gasteiger charge is 2.20. The quantitative estimate of drug-likeness (QED) is 0.624. The molecule has 0 unspecified atom stereocenters. The lowest BCUT2D eigenvalue weighted by molar-refractivity contribution is 0.102. The van der Waals surface area contributed by atoms with E-state index in [1.807, 2.05) is 18.3 Å². The maximum Gasteiger partial charge on any atom is 0.286 e. The van der Waals surface area contributed by atoms with Crippen molar-refractivity contribution in [1.29, 1.82) is 0 Å². The van der Waals surface area contributed by atoms with Crippen molar-refractivity contribution in [1.82, 2.24) is 25.0 Å². The standard InChI is InChI=1S/C21H24N6O2S/c1-29-18-7-5-16(6-8-18)23-20(28)21-25-24-19(30-21)15-27-12-10-26(11-13-27)14-17-4-2-3-9-22-17/h2-9H,10-15H2,1H3,(H,23,28). The van der Waals surface area contributed by atoms with Crippen molar-refractivity contribution in [3.8, 4) is 5.75 Å². The minimum Gasteiger partial charge on any atom is -0.497 e. The Hall–Kier alpha value is -2.88. The summed E-state index contributed by atoms with van der Waals surface area (Å²) in [7, 11) is 1.61. The molecule has 0 radical (unpaired) electrons. The van der Waals surface area contributed by atoms with Gasteiger partial charge in [-0.05, 0) is 36.4 Å². The number of anilines is 1. The third kappa shape index (κ3) is 5.38. The second kappa shape index (κ2) is 9.75. The molecule has 1 saturated heterocycles. The molecule has 9 heteroatoms. The van der Waals surface area contributed by atoms with E-state index in [9.17, 15) is 4.79 Å². The normalized spacial score (nSPS) is 15.1. The fraction of sp³-hybridized carbons (Fsp3) is 0.333. The number of rotatable bonds is 7. The topological polar surface area (TPSA) is 83.5 Å². The molecule has 0 bridgehead atoms. The number of benzene rings is 1. The Balaban J connectivity index is 1.25. The smallest absolute Gasteiger partial charge is 0.286 e. The summed E-state index contributed by atoms with van der Waals surface area (Å²) >= 11 is 1.34. The average Bonchev–Trinajstić information content (AvgIpc) is 3.25. The molecule has 0 spiro atoms. The highest BCUT2D eigenvalue weighted by molar-refractivity contribution is 7.13. The van der Waals surface area contributed by atoms with Crippen LogP contribution in [0.2, 0.25) is 0 Å². The fourth-order valence-electron chi connectivity index (χ4n) is 3.29. The molecule has 1 amide bonds. The van der Waals surface area contributed by atoms with Crippen LogP contribution in [-0.4, -0.2) is 64.2 Å². The van der Waals surface area contributed by atoms with E-state index in [1.54, 1.807) is 31.4 Å². The van der Waals surface area contributed by atoms with E-state index in [2.05, 4.69) is 36.4 Å². The molecule has 156 valence electrons. The first-order valence-corrected chi connectivity index (χ1v) is 10.6. The Labute approximate surface area is 179 Å². The van der Waals surface area contributed by atoms with Gasteiger partial charge in [0.15, 0.2) is 0 Å². The van der Waals surface area contributed by atoms with Crippen LogP contribution < -0.4 is 10.1 Å². The first-order valence-electron chi connectivity index (χ1n) is 9.82. The number of carbonyl (C=O) groups is 1. The van der Waals surface area contributed by atoms with Gasteiger partial charge in [0.05, 0.1) is 19.3 Å². The van der Waals surface area contributed by atoms with Gasteiger partial charge in [-0.2, -0.15) is 0 Å². The summed E-state index contributed by atoms with van der Waals surface area (Å²) in [4.78, 5) is 21.6. The van der Waals surface area contributed by atoms with Gasteiger partial charge >= 0.3 is 0 Å². The Morgan fingerprint density at radius 3 is 2.43 bits per heavy atom. The number of amides is 1. The molecule has 1 aromatic carbocycles. The monoisotopic (exact) mass is 424 g/mol. The summed E-state index contributed by atoms with van der Waals surface area (Å²) in [6.07, 6.45) is 1.84. The van der Waals surface area contributed by atoms with E-state index in [4.69, 9.17) is 4.74 Å². The number of aromatic nitrogens is 3. The number of carbonyl (C=O) groups excluding carboxylic acids is 1. The molecule has 0 atom stereocenters. The molecule has 0 aliphatic carbocycles. The van der Waals surface area contributed by atoms with Crippen molar-refractivity contribution in [3.05, 3.63) is 64.4 Å². The van der Waals surface area contributed by atoms with E-state index in [-0.39, 0.29) is 5.91 Å². The second-order valence-corrected chi connectivity index (χ2v) is 8.12. The van der Waals surface area contributed by atoms with E-state index < -0.39 is 0 Å². The SMILES string of the molecule is COc1ccc(NC(=O)c2nnc(CN3CCN(Cc4ccccn4)CC3)s2)cc1. The van der Waals surface area contributed by atoms with Crippen molar-refractivity contribution in [2.45, 2.75) is 13.1 Å². The van der Waals surface area contributed by atoms with Crippen molar-refractivity contribution in [2.24, 2.45) is 0 Å².